The average molecular weight is 365 g/mol. The molecule has 0 aliphatic rings. The molecular formula is C13H9BrCl2FNO. The summed E-state index contributed by atoms with van der Waals surface area (Å²) in [7, 11) is 0. The second-order valence-corrected chi connectivity index (χ2v) is 5.46. The van der Waals surface area contributed by atoms with Gasteiger partial charge in [-0.1, -0.05) is 29.3 Å². The zero-order valence-electron chi connectivity index (χ0n) is 9.59. The molecule has 6 heteroatoms. The van der Waals surface area contributed by atoms with Crippen LogP contribution in [0.1, 0.15) is 5.56 Å². The first-order valence-electron chi connectivity index (χ1n) is 5.29. The molecule has 0 fully saturated rings. The molecule has 100 valence electrons. The van der Waals surface area contributed by atoms with Crippen LogP contribution < -0.4 is 10.5 Å². The quantitative estimate of drug-likeness (QED) is 0.773. The van der Waals surface area contributed by atoms with Crippen molar-refractivity contribution in [2.45, 2.75) is 6.61 Å². The van der Waals surface area contributed by atoms with Crippen LogP contribution in [0.3, 0.4) is 0 Å². The number of anilines is 1. The molecule has 0 saturated carbocycles. The monoisotopic (exact) mass is 363 g/mol. The summed E-state index contributed by atoms with van der Waals surface area (Å²) in [6, 6.07) is 7.65. The van der Waals surface area contributed by atoms with Crippen LogP contribution in [0, 0.1) is 5.82 Å². The van der Waals surface area contributed by atoms with Crippen molar-refractivity contribution in [1.29, 1.82) is 0 Å². The lowest BCUT2D eigenvalue weighted by atomic mass is 10.2. The molecule has 0 aromatic heterocycles. The normalized spacial score (nSPS) is 10.5. The van der Waals surface area contributed by atoms with Crippen molar-refractivity contribution in [3.63, 3.8) is 0 Å². The van der Waals surface area contributed by atoms with Crippen LogP contribution in [0.15, 0.2) is 34.8 Å². The Hall–Kier alpha value is -0.970. The van der Waals surface area contributed by atoms with E-state index in [0.717, 1.165) is 0 Å². The fraction of sp³-hybridized carbons (Fsp3) is 0.0769. The van der Waals surface area contributed by atoms with Crippen molar-refractivity contribution < 1.29 is 9.13 Å². The SMILES string of the molecule is Nc1cc(F)cc(Br)c1OCc1c(Cl)cccc1Cl. The first-order valence-corrected chi connectivity index (χ1v) is 6.84. The first-order chi connectivity index (χ1) is 8.99. The molecular weight excluding hydrogens is 356 g/mol. The van der Waals surface area contributed by atoms with Crippen LogP contribution in [0.4, 0.5) is 10.1 Å². The molecule has 0 spiro atoms. The molecule has 0 atom stereocenters. The highest BCUT2D eigenvalue weighted by Gasteiger charge is 2.11. The van der Waals surface area contributed by atoms with Gasteiger partial charge in [-0.25, -0.2) is 4.39 Å². The Balaban J connectivity index is 2.24. The Morgan fingerprint density at radius 1 is 1.21 bits per heavy atom. The molecule has 2 N–H and O–H groups in total. The van der Waals surface area contributed by atoms with E-state index in [0.29, 0.717) is 25.8 Å². The highest BCUT2D eigenvalue weighted by molar-refractivity contribution is 9.10. The lowest BCUT2D eigenvalue weighted by Crippen LogP contribution is -2.01. The summed E-state index contributed by atoms with van der Waals surface area (Å²) in [5, 5.41) is 1.01. The summed E-state index contributed by atoms with van der Waals surface area (Å²) >= 11 is 15.3. The maximum Gasteiger partial charge on any atom is 0.157 e. The van der Waals surface area contributed by atoms with Crippen molar-refractivity contribution in [2.24, 2.45) is 0 Å². The van der Waals surface area contributed by atoms with Crippen LogP contribution in [0.2, 0.25) is 10.0 Å². The number of benzene rings is 2. The molecule has 2 nitrogen and oxygen atoms in total. The van der Waals surface area contributed by atoms with E-state index in [1.165, 1.54) is 12.1 Å². The number of hydrogen-bond donors (Lipinski definition) is 1. The Bertz CT molecular complexity index is 578. The summed E-state index contributed by atoms with van der Waals surface area (Å²) < 4.78 is 19.1. The zero-order valence-corrected chi connectivity index (χ0v) is 12.7. The fourth-order valence-electron chi connectivity index (χ4n) is 1.55. The van der Waals surface area contributed by atoms with Gasteiger partial charge in [-0.3, -0.25) is 0 Å². The zero-order chi connectivity index (χ0) is 14.0. The molecule has 0 amide bonds. The van der Waals surface area contributed by atoms with E-state index in [1.807, 2.05) is 0 Å². The van der Waals surface area contributed by atoms with Gasteiger partial charge in [-0.05, 0) is 34.1 Å². The van der Waals surface area contributed by atoms with E-state index in [9.17, 15) is 4.39 Å². The highest BCUT2D eigenvalue weighted by atomic mass is 79.9. The predicted molar refractivity (Wildman–Crippen MR) is 79.3 cm³/mol. The average Bonchev–Trinajstić information content (AvgIpc) is 2.31. The maximum absolute atomic E-state index is 13.1. The lowest BCUT2D eigenvalue weighted by molar-refractivity contribution is 0.305. The maximum atomic E-state index is 13.1. The van der Waals surface area contributed by atoms with Crippen molar-refractivity contribution in [2.75, 3.05) is 5.73 Å². The fourth-order valence-corrected chi connectivity index (χ4v) is 2.62. The molecule has 19 heavy (non-hydrogen) atoms. The largest absolute Gasteiger partial charge is 0.485 e. The molecule has 2 rings (SSSR count). The van der Waals surface area contributed by atoms with Gasteiger partial charge >= 0.3 is 0 Å². The summed E-state index contributed by atoms with van der Waals surface area (Å²) in [5.74, 6) is -0.0788. The molecule has 0 aliphatic heterocycles. The predicted octanol–water partition coefficient (Wildman–Crippen LogP) is 5.06. The van der Waals surface area contributed by atoms with Crippen LogP contribution in [0.25, 0.3) is 0 Å². The first kappa shape index (κ1) is 14.4. The third-order valence-corrected chi connectivity index (χ3v) is 3.76. The van der Waals surface area contributed by atoms with E-state index in [1.54, 1.807) is 18.2 Å². The minimum absolute atomic E-state index is 0.146. The molecule has 2 aromatic rings. The van der Waals surface area contributed by atoms with E-state index in [-0.39, 0.29) is 12.3 Å². The van der Waals surface area contributed by atoms with Gasteiger partial charge in [0.2, 0.25) is 0 Å². The number of nitrogens with two attached hydrogens (primary N) is 1. The Labute approximate surface area is 128 Å². The second kappa shape index (κ2) is 5.99. The van der Waals surface area contributed by atoms with Crippen LogP contribution in [0.5, 0.6) is 5.75 Å². The lowest BCUT2D eigenvalue weighted by Gasteiger charge is -2.12. The van der Waals surface area contributed by atoms with Gasteiger partial charge in [0.05, 0.1) is 10.2 Å². The van der Waals surface area contributed by atoms with E-state index < -0.39 is 5.82 Å². The van der Waals surface area contributed by atoms with Crippen molar-refractivity contribution in [3.8, 4) is 5.75 Å². The number of hydrogen-bond acceptors (Lipinski definition) is 2. The third kappa shape index (κ3) is 3.32. The van der Waals surface area contributed by atoms with E-state index in [4.69, 9.17) is 33.7 Å². The van der Waals surface area contributed by atoms with E-state index in [2.05, 4.69) is 15.9 Å². The van der Waals surface area contributed by atoms with Gasteiger partial charge in [0.25, 0.3) is 0 Å². The summed E-state index contributed by atoms with van der Waals surface area (Å²) in [6.45, 7) is 0.146. The number of ether oxygens (including phenoxy) is 1. The molecule has 0 saturated heterocycles. The molecule has 0 radical (unpaired) electrons. The van der Waals surface area contributed by atoms with Crippen molar-refractivity contribution in [1.82, 2.24) is 0 Å². The van der Waals surface area contributed by atoms with Gasteiger partial charge < -0.3 is 10.5 Å². The highest BCUT2D eigenvalue weighted by Crippen LogP contribution is 2.34. The number of halogens is 4. The Kier molecular flexibility index (Phi) is 4.55. The number of rotatable bonds is 3. The standard InChI is InChI=1S/C13H9BrCl2FNO/c14-9-4-7(17)5-12(18)13(9)19-6-8-10(15)2-1-3-11(8)16/h1-5H,6,18H2. The van der Waals surface area contributed by atoms with Crippen molar-refractivity contribution >= 4 is 44.8 Å². The van der Waals surface area contributed by atoms with Gasteiger partial charge in [-0.15, -0.1) is 0 Å². The van der Waals surface area contributed by atoms with Gasteiger partial charge in [0.1, 0.15) is 12.4 Å². The number of nitrogen functional groups attached to an aromatic ring is 1. The molecule has 0 bridgehead atoms. The minimum atomic E-state index is -0.437. The minimum Gasteiger partial charge on any atom is -0.485 e. The summed E-state index contributed by atoms with van der Waals surface area (Å²) in [4.78, 5) is 0. The van der Waals surface area contributed by atoms with Gasteiger partial charge in [0, 0.05) is 21.7 Å². The van der Waals surface area contributed by atoms with Gasteiger partial charge in [-0.2, -0.15) is 0 Å². The summed E-state index contributed by atoms with van der Waals surface area (Å²) in [6.07, 6.45) is 0. The van der Waals surface area contributed by atoms with Gasteiger partial charge in [0.15, 0.2) is 5.75 Å². The Morgan fingerprint density at radius 3 is 2.42 bits per heavy atom. The van der Waals surface area contributed by atoms with E-state index >= 15 is 0 Å². The molecule has 0 unspecified atom stereocenters. The Morgan fingerprint density at radius 2 is 1.84 bits per heavy atom. The molecule has 0 heterocycles. The van der Waals surface area contributed by atoms with Crippen LogP contribution in [-0.2, 0) is 6.61 Å². The van der Waals surface area contributed by atoms with Crippen molar-refractivity contribution in [3.05, 3.63) is 56.2 Å². The topological polar surface area (TPSA) is 35.2 Å². The smallest absolute Gasteiger partial charge is 0.157 e. The summed E-state index contributed by atoms with van der Waals surface area (Å²) in [5.41, 5.74) is 6.56. The second-order valence-electron chi connectivity index (χ2n) is 3.79. The third-order valence-electron chi connectivity index (χ3n) is 2.46. The van der Waals surface area contributed by atoms with Crippen LogP contribution >= 0.6 is 39.1 Å². The molecule has 0 aliphatic carbocycles. The molecule has 2 aromatic carbocycles. The van der Waals surface area contributed by atoms with Crippen LogP contribution in [-0.4, -0.2) is 0 Å².